The van der Waals surface area contributed by atoms with Crippen LogP contribution in [0.4, 0.5) is 10.2 Å². The second-order valence-corrected chi connectivity index (χ2v) is 7.79. The molecule has 4 aromatic rings. The maximum Gasteiger partial charge on any atom is 0.265 e. The molecule has 0 amide bonds. The number of hydrogen-bond donors (Lipinski definition) is 3. The van der Waals surface area contributed by atoms with E-state index in [0.29, 0.717) is 10.9 Å². The zero-order valence-corrected chi connectivity index (χ0v) is 15.6. The monoisotopic (exact) mass is 408 g/mol. The van der Waals surface area contributed by atoms with Gasteiger partial charge in [0.15, 0.2) is 11.6 Å². The molecule has 3 N–H and O–H groups in total. The number of rotatable bonds is 5. The summed E-state index contributed by atoms with van der Waals surface area (Å²) in [6, 6.07) is 6.32. The number of fused-ring (bicyclic) bond motifs is 3. The molecule has 0 aliphatic carbocycles. The molecule has 3 aromatic heterocycles. The van der Waals surface area contributed by atoms with E-state index in [-0.39, 0.29) is 22.4 Å². The third kappa shape index (κ3) is 2.98. The van der Waals surface area contributed by atoms with Crippen molar-refractivity contribution in [1.29, 1.82) is 0 Å². The molecule has 7 nitrogen and oxygen atoms in total. The number of hydrogen-bond acceptors (Lipinski definition) is 4. The van der Waals surface area contributed by atoms with Crippen LogP contribution >= 0.6 is 11.6 Å². The Bertz CT molecular complexity index is 1270. The van der Waals surface area contributed by atoms with Gasteiger partial charge in [-0.25, -0.2) is 12.8 Å². The maximum atomic E-state index is 14.2. The van der Waals surface area contributed by atoms with Crippen molar-refractivity contribution in [2.24, 2.45) is 0 Å². The summed E-state index contributed by atoms with van der Waals surface area (Å²) in [4.78, 5) is 9.84. The highest BCUT2D eigenvalue weighted by atomic mass is 35.5. The van der Waals surface area contributed by atoms with Gasteiger partial charge in [-0.15, -0.1) is 0 Å². The number of ether oxygens (including phenoxy) is 1. The molecule has 3 heterocycles. The predicted molar refractivity (Wildman–Crippen MR) is 101 cm³/mol. The SMILES string of the molecule is CCOc1nc(NS(=O)(=O)c2c[nH]c3c2ccc2cc[nH]c23)c(F)cc1Cl. The summed E-state index contributed by atoms with van der Waals surface area (Å²) in [6.07, 6.45) is 3.12. The first kappa shape index (κ1) is 17.6. The molecule has 4 rings (SSSR count). The van der Waals surface area contributed by atoms with Crippen LogP contribution < -0.4 is 9.46 Å². The van der Waals surface area contributed by atoms with Crippen LogP contribution in [0.25, 0.3) is 21.8 Å². The highest BCUT2D eigenvalue weighted by molar-refractivity contribution is 7.93. The number of nitrogens with one attached hydrogen (secondary N) is 3. The molecule has 10 heteroatoms. The van der Waals surface area contributed by atoms with Crippen molar-refractivity contribution in [3.05, 3.63) is 47.5 Å². The molecule has 140 valence electrons. The molecule has 0 atom stereocenters. The zero-order chi connectivity index (χ0) is 19.2. The van der Waals surface area contributed by atoms with Gasteiger partial charge in [0.1, 0.15) is 9.92 Å². The van der Waals surface area contributed by atoms with Gasteiger partial charge in [0.05, 0.1) is 17.6 Å². The van der Waals surface area contributed by atoms with Gasteiger partial charge in [-0.2, -0.15) is 4.98 Å². The second-order valence-electron chi connectivity index (χ2n) is 5.73. The lowest BCUT2D eigenvalue weighted by Gasteiger charge is -2.10. The van der Waals surface area contributed by atoms with E-state index in [4.69, 9.17) is 16.3 Å². The summed E-state index contributed by atoms with van der Waals surface area (Å²) >= 11 is 5.86. The van der Waals surface area contributed by atoms with Gasteiger partial charge in [-0.3, -0.25) is 4.72 Å². The number of halogens is 2. The molecule has 0 aliphatic rings. The van der Waals surface area contributed by atoms with E-state index in [1.54, 1.807) is 25.3 Å². The molecular formula is C17H14ClFN4O3S. The highest BCUT2D eigenvalue weighted by Crippen LogP contribution is 2.31. The van der Waals surface area contributed by atoms with Gasteiger partial charge in [-0.05, 0) is 13.0 Å². The number of aromatic nitrogens is 3. The smallest absolute Gasteiger partial charge is 0.265 e. The Morgan fingerprint density at radius 3 is 2.85 bits per heavy atom. The number of anilines is 1. The molecule has 27 heavy (non-hydrogen) atoms. The first-order valence-corrected chi connectivity index (χ1v) is 9.85. The van der Waals surface area contributed by atoms with Crippen LogP contribution in [0.2, 0.25) is 5.02 Å². The molecule has 0 bridgehead atoms. The maximum absolute atomic E-state index is 14.2. The van der Waals surface area contributed by atoms with Crippen LogP contribution in [0.5, 0.6) is 5.88 Å². The molecule has 0 saturated carbocycles. The topological polar surface area (TPSA) is 99.9 Å². The molecule has 0 fully saturated rings. The van der Waals surface area contributed by atoms with Gasteiger partial charge < -0.3 is 14.7 Å². The highest BCUT2D eigenvalue weighted by Gasteiger charge is 2.23. The van der Waals surface area contributed by atoms with E-state index in [1.165, 1.54) is 6.20 Å². The lowest BCUT2D eigenvalue weighted by Crippen LogP contribution is -2.15. The van der Waals surface area contributed by atoms with E-state index >= 15 is 0 Å². The van der Waals surface area contributed by atoms with Gasteiger partial charge in [0.25, 0.3) is 10.0 Å². The molecule has 0 saturated heterocycles. The minimum atomic E-state index is -4.11. The first-order valence-electron chi connectivity index (χ1n) is 7.99. The quantitative estimate of drug-likeness (QED) is 0.464. The minimum absolute atomic E-state index is 0.0249. The summed E-state index contributed by atoms with van der Waals surface area (Å²) in [5.41, 5.74) is 1.42. The third-order valence-corrected chi connectivity index (χ3v) is 5.69. The standard InChI is InChI=1S/C17H14ClFN4O3S/c1-2-26-17-11(18)7-12(19)16(22-17)23-27(24,25)13-8-21-15-10(13)4-3-9-5-6-20-14(9)15/h3-8,20-21H,2H2,1H3,(H,22,23). The number of H-pyrrole nitrogens is 2. The van der Waals surface area contributed by atoms with Gasteiger partial charge in [-0.1, -0.05) is 23.7 Å². The Labute approximate surface area is 158 Å². The average molecular weight is 409 g/mol. The van der Waals surface area contributed by atoms with E-state index in [9.17, 15) is 12.8 Å². The summed E-state index contributed by atoms with van der Waals surface area (Å²) in [6.45, 7) is 1.96. The Morgan fingerprint density at radius 1 is 1.26 bits per heavy atom. The third-order valence-electron chi connectivity index (χ3n) is 4.04. The van der Waals surface area contributed by atoms with Crippen LogP contribution in [-0.4, -0.2) is 30.0 Å². The Balaban J connectivity index is 1.78. The Kier molecular flexibility index (Phi) is 4.20. The molecular weight excluding hydrogens is 395 g/mol. The van der Waals surface area contributed by atoms with Crippen molar-refractivity contribution in [1.82, 2.24) is 15.0 Å². The van der Waals surface area contributed by atoms with E-state index in [0.717, 1.165) is 17.0 Å². The lowest BCUT2D eigenvalue weighted by molar-refractivity contribution is 0.326. The Morgan fingerprint density at radius 2 is 2.07 bits per heavy atom. The van der Waals surface area contributed by atoms with Crippen molar-refractivity contribution in [2.75, 3.05) is 11.3 Å². The second kappa shape index (κ2) is 6.43. The minimum Gasteiger partial charge on any atom is -0.477 e. The molecule has 0 radical (unpaired) electrons. The summed E-state index contributed by atoms with van der Waals surface area (Å²) in [7, 11) is -4.11. The first-order chi connectivity index (χ1) is 12.9. The van der Waals surface area contributed by atoms with E-state index in [2.05, 4.69) is 19.7 Å². The summed E-state index contributed by atoms with van der Waals surface area (Å²) in [5.74, 6) is -1.44. The number of aromatic amines is 2. The van der Waals surface area contributed by atoms with Crippen molar-refractivity contribution in [3.8, 4) is 5.88 Å². The van der Waals surface area contributed by atoms with Crippen LogP contribution in [0.1, 0.15) is 6.92 Å². The molecule has 1 aromatic carbocycles. The number of benzene rings is 1. The largest absolute Gasteiger partial charge is 0.477 e. The fourth-order valence-corrected chi connectivity index (χ4v) is 4.24. The van der Waals surface area contributed by atoms with Crippen molar-refractivity contribution >= 4 is 49.2 Å². The Hall–Kier alpha value is -2.78. The van der Waals surface area contributed by atoms with Crippen molar-refractivity contribution < 1.29 is 17.5 Å². The van der Waals surface area contributed by atoms with Crippen LogP contribution in [-0.2, 0) is 10.0 Å². The predicted octanol–water partition coefficient (Wildman–Crippen LogP) is 4.04. The van der Waals surface area contributed by atoms with Crippen LogP contribution in [0.3, 0.4) is 0 Å². The molecule has 0 aliphatic heterocycles. The number of sulfonamides is 1. The van der Waals surface area contributed by atoms with Gasteiger partial charge in [0.2, 0.25) is 5.88 Å². The van der Waals surface area contributed by atoms with Crippen molar-refractivity contribution in [2.45, 2.75) is 11.8 Å². The van der Waals surface area contributed by atoms with Crippen LogP contribution in [0, 0.1) is 5.82 Å². The number of pyridine rings is 1. The molecule has 0 spiro atoms. The summed E-state index contributed by atoms with van der Waals surface area (Å²) in [5, 5.41) is 1.36. The zero-order valence-electron chi connectivity index (χ0n) is 14.0. The van der Waals surface area contributed by atoms with Gasteiger partial charge >= 0.3 is 0 Å². The van der Waals surface area contributed by atoms with Crippen molar-refractivity contribution in [3.63, 3.8) is 0 Å². The normalized spacial score (nSPS) is 12.0. The fourth-order valence-electron chi connectivity index (χ4n) is 2.86. The number of nitrogens with zero attached hydrogens (tertiary/aromatic N) is 1. The van der Waals surface area contributed by atoms with Gasteiger partial charge in [0, 0.05) is 29.2 Å². The van der Waals surface area contributed by atoms with Crippen LogP contribution in [0.15, 0.2) is 41.6 Å². The fraction of sp³-hybridized carbons (Fsp3) is 0.118. The molecule has 0 unspecified atom stereocenters. The summed E-state index contributed by atoms with van der Waals surface area (Å²) < 4.78 is 47.2. The average Bonchev–Trinajstić information content (AvgIpc) is 3.25. The van der Waals surface area contributed by atoms with E-state index < -0.39 is 21.7 Å². The van der Waals surface area contributed by atoms with E-state index in [1.807, 2.05) is 6.07 Å². The lowest BCUT2D eigenvalue weighted by atomic mass is 10.2.